The average Bonchev–Trinajstić information content (AvgIpc) is 2.55. The van der Waals surface area contributed by atoms with E-state index in [2.05, 4.69) is 17.2 Å². The molecule has 0 saturated heterocycles. The van der Waals surface area contributed by atoms with E-state index in [0.29, 0.717) is 6.61 Å². The summed E-state index contributed by atoms with van der Waals surface area (Å²) in [4.78, 5) is 12.1. The molecular weight excluding hydrogens is 286 g/mol. The van der Waals surface area contributed by atoms with Crippen molar-refractivity contribution in [1.29, 1.82) is 0 Å². The summed E-state index contributed by atoms with van der Waals surface area (Å²) in [7, 11) is 0. The van der Waals surface area contributed by atoms with Gasteiger partial charge in [-0.1, -0.05) is 47.2 Å². The standard InChI is InChI=1S/C20H21NO2/c1-4-23-20(22)19(21-18-12-7-16(3)8-13-18)14-11-17-9-5-15(2)6-10-17/h5-10,12-13,19,21H,4H2,1-3H3/t19-/m1/s1. The summed E-state index contributed by atoms with van der Waals surface area (Å²) in [6.45, 7) is 6.16. The Balaban J connectivity index is 2.19. The summed E-state index contributed by atoms with van der Waals surface area (Å²) in [6, 6.07) is 15.0. The van der Waals surface area contributed by atoms with Gasteiger partial charge in [-0.15, -0.1) is 0 Å². The average molecular weight is 307 g/mol. The summed E-state index contributed by atoms with van der Waals surface area (Å²) >= 11 is 0. The molecule has 0 spiro atoms. The molecule has 0 aliphatic heterocycles. The molecule has 0 aliphatic carbocycles. The molecule has 0 heterocycles. The summed E-state index contributed by atoms with van der Waals surface area (Å²) < 4.78 is 5.10. The van der Waals surface area contributed by atoms with Gasteiger partial charge in [-0.25, -0.2) is 4.79 Å². The van der Waals surface area contributed by atoms with E-state index < -0.39 is 6.04 Å². The van der Waals surface area contributed by atoms with E-state index in [0.717, 1.165) is 16.8 Å². The van der Waals surface area contributed by atoms with Gasteiger partial charge in [-0.3, -0.25) is 0 Å². The van der Waals surface area contributed by atoms with Gasteiger partial charge >= 0.3 is 5.97 Å². The van der Waals surface area contributed by atoms with Gasteiger partial charge in [0.1, 0.15) is 0 Å². The molecule has 0 amide bonds. The molecule has 0 unspecified atom stereocenters. The summed E-state index contributed by atoms with van der Waals surface area (Å²) in [5.74, 6) is 5.63. The number of ether oxygens (including phenoxy) is 1. The lowest BCUT2D eigenvalue weighted by Gasteiger charge is -2.13. The summed E-state index contributed by atoms with van der Waals surface area (Å²) in [6.07, 6.45) is 0. The van der Waals surface area contributed by atoms with Crippen molar-refractivity contribution >= 4 is 11.7 Å². The fourth-order valence-corrected chi connectivity index (χ4v) is 1.99. The molecule has 0 radical (unpaired) electrons. The minimum Gasteiger partial charge on any atom is -0.464 e. The molecule has 0 saturated carbocycles. The molecule has 0 aromatic heterocycles. The Morgan fingerprint density at radius 3 is 2.17 bits per heavy atom. The molecule has 0 aliphatic rings. The van der Waals surface area contributed by atoms with Crippen LogP contribution in [0.15, 0.2) is 48.5 Å². The number of rotatable bonds is 4. The van der Waals surface area contributed by atoms with Crippen molar-refractivity contribution in [2.24, 2.45) is 0 Å². The van der Waals surface area contributed by atoms with Crippen LogP contribution in [0.1, 0.15) is 23.6 Å². The number of aryl methyl sites for hydroxylation is 2. The predicted octanol–water partition coefficient (Wildman–Crippen LogP) is 3.70. The zero-order valence-electron chi connectivity index (χ0n) is 13.7. The van der Waals surface area contributed by atoms with Gasteiger partial charge in [0, 0.05) is 11.3 Å². The Morgan fingerprint density at radius 1 is 1.04 bits per heavy atom. The zero-order valence-corrected chi connectivity index (χ0v) is 13.7. The first kappa shape index (κ1) is 16.6. The van der Waals surface area contributed by atoms with Crippen molar-refractivity contribution in [3.8, 4) is 11.8 Å². The van der Waals surface area contributed by atoms with Gasteiger partial charge in [-0.2, -0.15) is 0 Å². The molecule has 1 N–H and O–H groups in total. The van der Waals surface area contributed by atoms with Crippen LogP contribution in [0.5, 0.6) is 0 Å². The molecule has 23 heavy (non-hydrogen) atoms. The summed E-state index contributed by atoms with van der Waals surface area (Å²) in [5, 5.41) is 3.12. The maximum absolute atomic E-state index is 12.1. The number of carbonyl (C=O) groups is 1. The van der Waals surface area contributed by atoms with E-state index in [9.17, 15) is 4.79 Å². The number of hydrogen-bond acceptors (Lipinski definition) is 3. The number of benzene rings is 2. The van der Waals surface area contributed by atoms with Crippen molar-refractivity contribution in [3.63, 3.8) is 0 Å². The second-order valence-electron chi connectivity index (χ2n) is 5.33. The first-order valence-electron chi connectivity index (χ1n) is 7.66. The quantitative estimate of drug-likeness (QED) is 0.691. The lowest BCUT2D eigenvalue weighted by molar-refractivity contribution is -0.142. The molecule has 2 rings (SSSR count). The van der Waals surface area contributed by atoms with Crippen LogP contribution in [-0.4, -0.2) is 18.6 Å². The van der Waals surface area contributed by atoms with Crippen molar-refractivity contribution in [2.75, 3.05) is 11.9 Å². The number of anilines is 1. The maximum Gasteiger partial charge on any atom is 0.341 e. The van der Waals surface area contributed by atoms with Gasteiger partial charge in [0.05, 0.1) is 6.61 Å². The third-order valence-corrected chi connectivity index (χ3v) is 3.30. The Kier molecular flexibility index (Phi) is 5.82. The molecule has 118 valence electrons. The molecule has 2 aromatic carbocycles. The van der Waals surface area contributed by atoms with Gasteiger partial charge < -0.3 is 10.1 Å². The molecular formula is C20H21NO2. The minimum absolute atomic E-state index is 0.330. The fraction of sp³-hybridized carbons (Fsp3) is 0.250. The molecule has 3 nitrogen and oxygen atoms in total. The lowest BCUT2D eigenvalue weighted by atomic mass is 10.1. The molecule has 0 bridgehead atoms. The first-order valence-corrected chi connectivity index (χ1v) is 7.66. The van der Waals surface area contributed by atoms with Crippen LogP contribution >= 0.6 is 0 Å². The lowest BCUT2D eigenvalue weighted by Crippen LogP contribution is -2.30. The summed E-state index contributed by atoms with van der Waals surface area (Å²) in [5.41, 5.74) is 4.05. The van der Waals surface area contributed by atoms with E-state index in [4.69, 9.17) is 4.74 Å². The Morgan fingerprint density at radius 2 is 1.61 bits per heavy atom. The highest BCUT2D eigenvalue weighted by Gasteiger charge is 2.16. The van der Waals surface area contributed by atoms with E-state index in [1.54, 1.807) is 6.92 Å². The second kappa shape index (κ2) is 8.05. The van der Waals surface area contributed by atoms with Crippen LogP contribution in [0.4, 0.5) is 5.69 Å². The van der Waals surface area contributed by atoms with Crippen molar-refractivity contribution < 1.29 is 9.53 Å². The first-order chi connectivity index (χ1) is 11.1. The van der Waals surface area contributed by atoms with Crippen LogP contribution in [-0.2, 0) is 9.53 Å². The van der Waals surface area contributed by atoms with Gasteiger partial charge in [-0.05, 0) is 45.0 Å². The maximum atomic E-state index is 12.1. The molecule has 3 heteroatoms. The monoisotopic (exact) mass is 307 g/mol. The van der Waals surface area contributed by atoms with Gasteiger partial charge in [0.15, 0.2) is 6.04 Å². The minimum atomic E-state index is -0.695. The van der Waals surface area contributed by atoms with Crippen molar-refractivity contribution in [1.82, 2.24) is 0 Å². The second-order valence-corrected chi connectivity index (χ2v) is 5.33. The van der Waals surface area contributed by atoms with Crippen LogP contribution in [0.2, 0.25) is 0 Å². The third kappa shape index (κ3) is 5.19. The van der Waals surface area contributed by atoms with Crippen molar-refractivity contribution in [3.05, 3.63) is 65.2 Å². The van der Waals surface area contributed by atoms with Crippen LogP contribution in [0, 0.1) is 25.7 Å². The van der Waals surface area contributed by atoms with Crippen LogP contribution in [0.25, 0.3) is 0 Å². The highest BCUT2D eigenvalue weighted by Crippen LogP contribution is 2.11. The Hall–Kier alpha value is -2.73. The molecule has 0 fully saturated rings. The third-order valence-electron chi connectivity index (χ3n) is 3.30. The van der Waals surface area contributed by atoms with Gasteiger partial charge in [0.2, 0.25) is 0 Å². The number of carbonyl (C=O) groups excluding carboxylic acids is 1. The smallest absolute Gasteiger partial charge is 0.341 e. The van der Waals surface area contributed by atoms with Crippen molar-refractivity contribution in [2.45, 2.75) is 26.8 Å². The Bertz CT molecular complexity index is 706. The number of hydrogen-bond donors (Lipinski definition) is 1. The number of nitrogens with one attached hydrogen (secondary N) is 1. The van der Waals surface area contributed by atoms with Crippen LogP contribution < -0.4 is 5.32 Å². The van der Waals surface area contributed by atoms with Gasteiger partial charge in [0.25, 0.3) is 0 Å². The molecule has 1 atom stereocenters. The fourth-order valence-electron chi connectivity index (χ4n) is 1.99. The van der Waals surface area contributed by atoms with Crippen LogP contribution in [0.3, 0.4) is 0 Å². The van der Waals surface area contributed by atoms with E-state index in [-0.39, 0.29) is 5.97 Å². The predicted molar refractivity (Wildman–Crippen MR) is 93.3 cm³/mol. The topological polar surface area (TPSA) is 38.3 Å². The zero-order chi connectivity index (χ0) is 16.7. The van der Waals surface area contributed by atoms with E-state index in [1.165, 1.54) is 5.56 Å². The normalized spacial score (nSPS) is 11.1. The highest BCUT2D eigenvalue weighted by atomic mass is 16.5. The highest BCUT2D eigenvalue weighted by molar-refractivity contribution is 5.83. The Labute approximate surface area is 137 Å². The SMILES string of the molecule is CCOC(=O)[C@@H](C#Cc1ccc(C)cc1)Nc1ccc(C)cc1. The van der Waals surface area contributed by atoms with E-state index >= 15 is 0 Å². The van der Waals surface area contributed by atoms with E-state index in [1.807, 2.05) is 62.4 Å². The largest absolute Gasteiger partial charge is 0.464 e. The number of esters is 1. The molecule has 2 aromatic rings.